The molecule has 0 atom stereocenters. The molecule has 0 unspecified atom stereocenters. The Morgan fingerprint density at radius 2 is 1.75 bits per heavy atom. The van der Waals surface area contributed by atoms with Crippen molar-refractivity contribution < 1.29 is 13.5 Å². The Hall–Kier alpha value is -1.24. The number of hydrogen-bond donors (Lipinski definition) is 1. The number of ether oxygens (including phenoxy) is 1. The van der Waals surface area contributed by atoms with E-state index in [1.807, 2.05) is 0 Å². The van der Waals surface area contributed by atoms with Crippen molar-refractivity contribution in [3.8, 4) is 5.75 Å². The van der Waals surface area contributed by atoms with Gasteiger partial charge in [0.2, 0.25) is 0 Å². The van der Waals surface area contributed by atoms with E-state index in [4.69, 9.17) is 10.5 Å². The summed E-state index contributed by atoms with van der Waals surface area (Å²) in [4.78, 5) is 4.48. The lowest BCUT2D eigenvalue weighted by molar-refractivity contribution is 0.131. The Morgan fingerprint density at radius 1 is 1.15 bits per heavy atom. The van der Waals surface area contributed by atoms with E-state index in [1.54, 1.807) is 0 Å². The van der Waals surface area contributed by atoms with Crippen molar-refractivity contribution >= 4 is 0 Å². The van der Waals surface area contributed by atoms with Crippen molar-refractivity contribution in [2.45, 2.75) is 6.54 Å². The molecule has 1 aliphatic rings. The Kier molecular flexibility index (Phi) is 5.28. The zero-order valence-electron chi connectivity index (χ0n) is 11.7. The second-order valence-electron chi connectivity index (χ2n) is 5.09. The molecule has 6 heteroatoms. The van der Waals surface area contributed by atoms with Gasteiger partial charge >= 0.3 is 0 Å². The highest BCUT2D eigenvalue weighted by Crippen LogP contribution is 2.23. The van der Waals surface area contributed by atoms with Gasteiger partial charge < -0.3 is 15.4 Å². The van der Waals surface area contributed by atoms with Crippen LogP contribution >= 0.6 is 0 Å². The van der Waals surface area contributed by atoms with Crippen molar-refractivity contribution in [3.05, 3.63) is 29.3 Å². The Balaban J connectivity index is 1.85. The van der Waals surface area contributed by atoms with Gasteiger partial charge in [-0.05, 0) is 24.7 Å². The molecule has 0 aliphatic carbocycles. The first kappa shape index (κ1) is 15.2. The molecule has 20 heavy (non-hydrogen) atoms. The average molecular weight is 285 g/mol. The summed E-state index contributed by atoms with van der Waals surface area (Å²) in [7, 11) is 2.08. The summed E-state index contributed by atoms with van der Waals surface area (Å²) < 4.78 is 32.6. The van der Waals surface area contributed by atoms with Gasteiger partial charge in [-0.25, -0.2) is 8.78 Å². The summed E-state index contributed by atoms with van der Waals surface area (Å²) in [6, 6.07) is 2.43. The van der Waals surface area contributed by atoms with Crippen molar-refractivity contribution in [1.82, 2.24) is 9.80 Å². The molecule has 1 heterocycles. The van der Waals surface area contributed by atoms with E-state index in [0.717, 1.165) is 26.2 Å². The van der Waals surface area contributed by atoms with Gasteiger partial charge in [-0.3, -0.25) is 4.90 Å². The molecule has 112 valence electrons. The maximum absolute atomic E-state index is 13.7. The number of benzene rings is 1. The van der Waals surface area contributed by atoms with E-state index in [-0.39, 0.29) is 18.9 Å². The monoisotopic (exact) mass is 285 g/mol. The molecule has 0 spiro atoms. The lowest BCUT2D eigenvalue weighted by Crippen LogP contribution is -2.45. The van der Waals surface area contributed by atoms with Gasteiger partial charge in [0.15, 0.2) is 17.4 Å². The topological polar surface area (TPSA) is 41.7 Å². The molecule has 1 aromatic rings. The van der Waals surface area contributed by atoms with Crippen molar-refractivity contribution in [2.24, 2.45) is 5.73 Å². The number of piperazine rings is 1. The lowest BCUT2D eigenvalue weighted by Gasteiger charge is -2.32. The van der Waals surface area contributed by atoms with Crippen LogP contribution < -0.4 is 10.5 Å². The molecule has 1 saturated heterocycles. The quantitative estimate of drug-likeness (QED) is 0.878. The van der Waals surface area contributed by atoms with Gasteiger partial charge in [0.1, 0.15) is 6.61 Å². The maximum Gasteiger partial charge on any atom is 0.190 e. The van der Waals surface area contributed by atoms with E-state index in [2.05, 4.69) is 16.8 Å². The third kappa shape index (κ3) is 3.88. The Bertz CT molecular complexity index is 425. The minimum atomic E-state index is -0.691. The van der Waals surface area contributed by atoms with Gasteiger partial charge in [0.25, 0.3) is 0 Å². The third-order valence-electron chi connectivity index (χ3n) is 3.54. The van der Waals surface area contributed by atoms with Crippen LogP contribution in [0.2, 0.25) is 0 Å². The fourth-order valence-corrected chi connectivity index (χ4v) is 2.22. The van der Waals surface area contributed by atoms with Gasteiger partial charge in [-0.2, -0.15) is 0 Å². The van der Waals surface area contributed by atoms with Crippen molar-refractivity contribution in [1.29, 1.82) is 0 Å². The Labute approximate surface area is 118 Å². The van der Waals surface area contributed by atoms with Crippen LogP contribution in [-0.4, -0.2) is 56.2 Å². The van der Waals surface area contributed by atoms with Gasteiger partial charge in [-0.15, -0.1) is 0 Å². The number of halogens is 2. The molecule has 0 bridgehead atoms. The number of hydrogen-bond acceptors (Lipinski definition) is 4. The number of likely N-dealkylation sites (N-methyl/N-ethyl adjacent to an activating group) is 1. The molecular weight excluding hydrogens is 264 g/mol. The second-order valence-corrected chi connectivity index (χ2v) is 5.09. The predicted octanol–water partition coefficient (Wildman–Crippen LogP) is 1.05. The minimum Gasteiger partial charge on any atom is -0.486 e. The zero-order chi connectivity index (χ0) is 14.5. The van der Waals surface area contributed by atoms with Crippen LogP contribution in [0.4, 0.5) is 8.78 Å². The highest BCUT2D eigenvalue weighted by atomic mass is 19.1. The first-order chi connectivity index (χ1) is 9.60. The van der Waals surface area contributed by atoms with E-state index in [0.29, 0.717) is 12.1 Å². The molecular formula is C14H21F2N3O. The third-order valence-corrected chi connectivity index (χ3v) is 3.54. The molecule has 0 amide bonds. The van der Waals surface area contributed by atoms with Crippen LogP contribution in [0, 0.1) is 11.6 Å². The summed E-state index contributed by atoms with van der Waals surface area (Å²) in [5.74, 6) is -1.69. The molecule has 0 saturated carbocycles. The number of rotatable bonds is 5. The lowest BCUT2D eigenvalue weighted by atomic mass is 10.2. The highest BCUT2D eigenvalue weighted by molar-refractivity contribution is 5.31. The predicted molar refractivity (Wildman–Crippen MR) is 73.7 cm³/mol. The van der Waals surface area contributed by atoms with E-state index in [1.165, 1.54) is 12.1 Å². The van der Waals surface area contributed by atoms with Gasteiger partial charge in [0.05, 0.1) is 0 Å². The minimum absolute atomic E-state index is 0.107. The standard InChI is InChI=1S/C14H21F2N3O/c1-18-2-4-19(5-3-18)6-7-20-14-12(15)8-11(10-17)9-13(14)16/h8-9H,2-7,10,17H2,1H3. The second kappa shape index (κ2) is 6.97. The van der Waals surface area contributed by atoms with E-state index < -0.39 is 11.6 Å². The molecule has 0 radical (unpaired) electrons. The Morgan fingerprint density at radius 3 is 2.30 bits per heavy atom. The summed E-state index contributed by atoms with van der Waals surface area (Å²) in [5, 5.41) is 0. The number of nitrogens with zero attached hydrogens (tertiary/aromatic N) is 2. The first-order valence-corrected chi connectivity index (χ1v) is 6.82. The average Bonchev–Trinajstić information content (AvgIpc) is 2.43. The number of nitrogens with two attached hydrogens (primary N) is 1. The molecule has 0 aromatic heterocycles. The molecule has 1 aromatic carbocycles. The smallest absolute Gasteiger partial charge is 0.190 e. The fourth-order valence-electron chi connectivity index (χ4n) is 2.22. The molecule has 1 aliphatic heterocycles. The summed E-state index contributed by atoms with van der Waals surface area (Å²) >= 11 is 0. The first-order valence-electron chi connectivity index (χ1n) is 6.82. The van der Waals surface area contributed by atoms with Crippen molar-refractivity contribution in [2.75, 3.05) is 46.4 Å². The zero-order valence-corrected chi connectivity index (χ0v) is 11.7. The highest BCUT2D eigenvalue weighted by Gasteiger charge is 2.15. The normalized spacial score (nSPS) is 17.4. The molecule has 4 nitrogen and oxygen atoms in total. The molecule has 2 N–H and O–H groups in total. The SMILES string of the molecule is CN1CCN(CCOc2c(F)cc(CN)cc2F)CC1. The van der Waals surface area contributed by atoms with Crippen LogP contribution in [0.25, 0.3) is 0 Å². The van der Waals surface area contributed by atoms with Gasteiger partial charge in [0, 0.05) is 39.3 Å². The fraction of sp³-hybridized carbons (Fsp3) is 0.571. The van der Waals surface area contributed by atoms with Gasteiger partial charge in [-0.1, -0.05) is 0 Å². The van der Waals surface area contributed by atoms with Crippen LogP contribution in [-0.2, 0) is 6.54 Å². The summed E-state index contributed by atoms with van der Waals surface area (Å²) in [6.07, 6.45) is 0. The van der Waals surface area contributed by atoms with E-state index >= 15 is 0 Å². The largest absolute Gasteiger partial charge is 0.486 e. The molecule has 2 rings (SSSR count). The van der Waals surface area contributed by atoms with Crippen LogP contribution in [0.5, 0.6) is 5.75 Å². The van der Waals surface area contributed by atoms with Crippen LogP contribution in [0.3, 0.4) is 0 Å². The van der Waals surface area contributed by atoms with Crippen LogP contribution in [0.1, 0.15) is 5.56 Å². The summed E-state index contributed by atoms with van der Waals surface area (Å²) in [5.41, 5.74) is 5.78. The molecule has 1 fully saturated rings. The maximum atomic E-state index is 13.7. The summed E-state index contributed by atoms with van der Waals surface area (Å²) in [6.45, 7) is 4.98. The van der Waals surface area contributed by atoms with E-state index in [9.17, 15) is 8.78 Å². The van der Waals surface area contributed by atoms with Crippen LogP contribution in [0.15, 0.2) is 12.1 Å². The van der Waals surface area contributed by atoms with Crippen molar-refractivity contribution in [3.63, 3.8) is 0 Å².